The lowest BCUT2D eigenvalue weighted by Crippen LogP contribution is -2.40. The molecular weight excluding hydrogens is 268 g/mol. The van der Waals surface area contributed by atoms with Gasteiger partial charge in [-0.05, 0) is 26.7 Å². The van der Waals surface area contributed by atoms with Crippen molar-refractivity contribution in [2.24, 2.45) is 5.73 Å². The predicted octanol–water partition coefficient (Wildman–Crippen LogP) is 0.126. The highest BCUT2D eigenvalue weighted by atomic mass is 16.2. The standard InChI is InChI=1S/C15H30N4O2/c1-15(2,16)7-6-13(20)19-9-5-8-18(10-11-19)12-14(21)17(3)4/h5-12,16H2,1-4H3. The molecule has 0 aromatic rings. The van der Waals surface area contributed by atoms with Gasteiger partial charge < -0.3 is 15.5 Å². The van der Waals surface area contributed by atoms with E-state index in [1.807, 2.05) is 18.7 Å². The van der Waals surface area contributed by atoms with E-state index in [4.69, 9.17) is 5.73 Å². The number of carbonyl (C=O) groups is 2. The first kappa shape index (κ1) is 17.9. The summed E-state index contributed by atoms with van der Waals surface area (Å²) in [5.74, 6) is 0.286. The van der Waals surface area contributed by atoms with Gasteiger partial charge in [-0.25, -0.2) is 0 Å². The molecule has 1 heterocycles. The van der Waals surface area contributed by atoms with E-state index in [1.165, 1.54) is 0 Å². The minimum atomic E-state index is -0.300. The van der Waals surface area contributed by atoms with Crippen LogP contribution in [-0.4, -0.2) is 78.9 Å². The molecule has 0 atom stereocenters. The van der Waals surface area contributed by atoms with Gasteiger partial charge in [0.1, 0.15) is 0 Å². The summed E-state index contributed by atoms with van der Waals surface area (Å²) < 4.78 is 0. The molecule has 1 aliphatic rings. The summed E-state index contributed by atoms with van der Waals surface area (Å²) in [6, 6.07) is 0. The number of rotatable bonds is 5. The van der Waals surface area contributed by atoms with Crippen LogP contribution in [0.1, 0.15) is 33.1 Å². The highest BCUT2D eigenvalue weighted by molar-refractivity contribution is 5.78. The van der Waals surface area contributed by atoms with E-state index in [1.54, 1.807) is 19.0 Å². The van der Waals surface area contributed by atoms with E-state index in [2.05, 4.69) is 4.90 Å². The molecule has 1 fully saturated rings. The fourth-order valence-electron chi connectivity index (χ4n) is 2.30. The molecular formula is C15H30N4O2. The summed E-state index contributed by atoms with van der Waals surface area (Å²) in [5.41, 5.74) is 5.63. The van der Waals surface area contributed by atoms with Crippen molar-refractivity contribution in [3.05, 3.63) is 0 Å². The van der Waals surface area contributed by atoms with Crippen LogP contribution in [0.25, 0.3) is 0 Å². The molecule has 21 heavy (non-hydrogen) atoms. The lowest BCUT2D eigenvalue weighted by molar-refractivity contribution is -0.131. The Morgan fingerprint density at radius 1 is 1.14 bits per heavy atom. The van der Waals surface area contributed by atoms with Crippen LogP contribution >= 0.6 is 0 Å². The highest BCUT2D eigenvalue weighted by Crippen LogP contribution is 2.11. The Hall–Kier alpha value is -1.14. The molecule has 0 saturated carbocycles. The van der Waals surface area contributed by atoms with E-state index in [0.29, 0.717) is 25.9 Å². The van der Waals surface area contributed by atoms with Gasteiger partial charge in [-0.2, -0.15) is 0 Å². The average molecular weight is 298 g/mol. The number of likely N-dealkylation sites (N-methyl/N-ethyl adjacent to an activating group) is 1. The van der Waals surface area contributed by atoms with Crippen molar-refractivity contribution < 1.29 is 9.59 Å². The maximum absolute atomic E-state index is 12.2. The second-order valence-corrected chi connectivity index (χ2v) is 6.79. The molecule has 1 saturated heterocycles. The number of hydrogen-bond acceptors (Lipinski definition) is 4. The highest BCUT2D eigenvalue weighted by Gasteiger charge is 2.22. The molecule has 0 radical (unpaired) electrons. The van der Waals surface area contributed by atoms with E-state index >= 15 is 0 Å². The molecule has 6 nitrogen and oxygen atoms in total. The van der Waals surface area contributed by atoms with Crippen LogP contribution in [0.2, 0.25) is 0 Å². The third-order valence-electron chi connectivity index (χ3n) is 3.78. The van der Waals surface area contributed by atoms with Crippen molar-refractivity contribution >= 4 is 11.8 Å². The number of nitrogens with two attached hydrogens (primary N) is 1. The summed E-state index contributed by atoms with van der Waals surface area (Å²) >= 11 is 0. The topological polar surface area (TPSA) is 69.9 Å². The third-order valence-corrected chi connectivity index (χ3v) is 3.78. The zero-order chi connectivity index (χ0) is 16.0. The Bertz CT molecular complexity index is 363. The molecule has 0 aromatic carbocycles. The second kappa shape index (κ2) is 7.75. The molecule has 0 unspecified atom stereocenters. The summed E-state index contributed by atoms with van der Waals surface area (Å²) in [5, 5.41) is 0. The smallest absolute Gasteiger partial charge is 0.236 e. The number of nitrogens with zero attached hydrogens (tertiary/aromatic N) is 3. The van der Waals surface area contributed by atoms with E-state index in [-0.39, 0.29) is 17.4 Å². The Labute approximate surface area is 128 Å². The first-order valence-electron chi connectivity index (χ1n) is 7.68. The Morgan fingerprint density at radius 2 is 1.81 bits per heavy atom. The molecule has 2 amide bonds. The summed E-state index contributed by atoms with van der Waals surface area (Å²) in [4.78, 5) is 29.6. The van der Waals surface area contributed by atoms with Gasteiger partial charge in [0.25, 0.3) is 0 Å². The fraction of sp³-hybridized carbons (Fsp3) is 0.867. The Kier molecular flexibility index (Phi) is 6.61. The second-order valence-electron chi connectivity index (χ2n) is 6.79. The zero-order valence-electron chi connectivity index (χ0n) is 13.9. The van der Waals surface area contributed by atoms with Gasteiger partial charge in [-0.1, -0.05) is 0 Å². The van der Waals surface area contributed by atoms with Crippen molar-refractivity contribution in [2.45, 2.75) is 38.6 Å². The quantitative estimate of drug-likeness (QED) is 0.783. The predicted molar refractivity (Wildman–Crippen MR) is 83.8 cm³/mol. The maximum Gasteiger partial charge on any atom is 0.236 e. The largest absolute Gasteiger partial charge is 0.348 e. The first-order chi connectivity index (χ1) is 9.69. The van der Waals surface area contributed by atoms with E-state index in [0.717, 1.165) is 26.1 Å². The Morgan fingerprint density at radius 3 is 2.38 bits per heavy atom. The summed E-state index contributed by atoms with van der Waals surface area (Å²) in [7, 11) is 3.54. The fourth-order valence-corrected chi connectivity index (χ4v) is 2.30. The van der Waals surface area contributed by atoms with Gasteiger partial charge >= 0.3 is 0 Å². The normalized spacial score (nSPS) is 17.5. The molecule has 2 N–H and O–H groups in total. The minimum Gasteiger partial charge on any atom is -0.348 e. The van der Waals surface area contributed by atoms with Gasteiger partial charge in [0, 0.05) is 52.2 Å². The summed E-state index contributed by atoms with van der Waals surface area (Å²) in [6.45, 7) is 7.42. The molecule has 122 valence electrons. The van der Waals surface area contributed by atoms with Crippen LogP contribution in [0.4, 0.5) is 0 Å². The van der Waals surface area contributed by atoms with Crippen LogP contribution in [0.5, 0.6) is 0 Å². The first-order valence-corrected chi connectivity index (χ1v) is 7.68. The molecule has 6 heteroatoms. The number of hydrogen-bond donors (Lipinski definition) is 1. The van der Waals surface area contributed by atoms with Gasteiger partial charge in [0.2, 0.25) is 11.8 Å². The average Bonchev–Trinajstić information content (AvgIpc) is 2.60. The van der Waals surface area contributed by atoms with Gasteiger partial charge in [0.15, 0.2) is 0 Å². The van der Waals surface area contributed by atoms with Crippen molar-refractivity contribution in [1.82, 2.24) is 14.7 Å². The lowest BCUT2D eigenvalue weighted by Gasteiger charge is -2.24. The number of amides is 2. The van der Waals surface area contributed by atoms with Crippen molar-refractivity contribution in [2.75, 3.05) is 46.8 Å². The van der Waals surface area contributed by atoms with Crippen LogP contribution in [0.3, 0.4) is 0 Å². The number of carbonyl (C=O) groups excluding carboxylic acids is 2. The zero-order valence-corrected chi connectivity index (χ0v) is 13.9. The van der Waals surface area contributed by atoms with E-state index in [9.17, 15) is 9.59 Å². The van der Waals surface area contributed by atoms with Crippen molar-refractivity contribution in [3.63, 3.8) is 0 Å². The minimum absolute atomic E-state index is 0.111. The SMILES string of the molecule is CN(C)C(=O)CN1CCCN(C(=O)CCC(C)(C)N)CC1. The maximum atomic E-state index is 12.2. The molecule has 0 bridgehead atoms. The third kappa shape index (κ3) is 6.91. The molecule has 0 aliphatic carbocycles. The van der Waals surface area contributed by atoms with Crippen LogP contribution < -0.4 is 5.73 Å². The lowest BCUT2D eigenvalue weighted by atomic mass is 10.00. The molecule has 0 aromatic heterocycles. The summed E-state index contributed by atoms with van der Waals surface area (Å²) in [6.07, 6.45) is 2.11. The van der Waals surface area contributed by atoms with Crippen LogP contribution in [0.15, 0.2) is 0 Å². The monoisotopic (exact) mass is 298 g/mol. The van der Waals surface area contributed by atoms with Gasteiger partial charge in [-0.3, -0.25) is 14.5 Å². The molecule has 1 rings (SSSR count). The van der Waals surface area contributed by atoms with Crippen molar-refractivity contribution in [1.29, 1.82) is 0 Å². The van der Waals surface area contributed by atoms with Gasteiger partial charge in [0.05, 0.1) is 6.54 Å². The Balaban J connectivity index is 2.41. The molecule has 1 aliphatic heterocycles. The van der Waals surface area contributed by atoms with Gasteiger partial charge in [-0.15, -0.1) is 0 Å². The van der Waals surface area contributed by atoms with E-state index < -0.39 is 0 Å². The van der Waals surface area contributed by atoms with Crippen molar-refractivity contribution in [3.8, 4) is 0 Å². The van der Waals surface area contributed by atoms with Crippen LogP contribution in [0, 0.1) is 0 Å². The molecule has 0 spiro atoms. The van der Waals surface area contributed by atoms with Crippen LogP contribution in [-0.2, 0) is 9.59 Å².